The lowest BCUT2D eigenvalue weighted by molar-refractivity contribution is -0.126. The van der Waals surface area contributed by atoms with Crippen molar-refractivity contribution in [3.05, 3.63) is 35.9 Å². The minimum absolute atomic E-state index is 0.157. The topological polar surface area (TPSA) is 41.1 Å². The van der Waals surface area contributed by atoms with E-state index in [4.69, 9.17) is 12.2 Å². The Hall–Kier alpha value is -1.07. The maximum Gasteiger partial charge on any atom is 0.248 e. The van der Waals surface area contributed by atoms with Gasteiger partial charge in [0.05, 0.1) is 5.41 Å². The molecule has 0 aliphatic rings. The van der Waals surface area contributed by atoms with E-state index in [9.17, 15) is 4.79 Å². The molecule has 0 fully saturated rings. The molecule has 0 aromatic heterocycles. The Morgan fingerprint density at radius 3 is 2.31 bits per heavy atom. The van der Waals surface area contributed by atoms with Gasteiger partial charge >= 0.3 is 0 Å². The molecule has 0 unspecified atom stereocenters. The van der Waals surface area contributed by atoms with E-state index in [-0.39, 0.29) is 10.2 Å². The number of hydrogen-bond donors (Lipinski definition) is 3. The van der Waals surface area contributed by atoms with Gasteiger partial charge in [0, 0.05) is 0 Å². The maximum atomic E-state index is 11.9. The second kappa shape index (κ2) is 5.32. The van der Waals surface area contributed by atoms with Crippen LogP contribution in [-0.4, -0.2) is 10.2 Å². The third-order valence-electron chi connectivity index (χ3n) is 2.35. The average Bonchev–Trinajstić information content (AvgIpc) is 2.27. The zero-order chi connectivity index (χ0) is 12.2. The van der Waals surface area contributed by atoms with Crippen LogP contribution in [0.15, 0.2) is 30.3 Å². The summed E-state index contributed by atoms with van der Waals surface area (Å²) in [6.45, 7) is 3.70. The lowest BCUT2D eigenvalue weighted by atomic mass is 9.84. The second-order valence-corrected chi connectivity index (χ2v) is 5.03. The van der Waals surface area contributed by atoms with Crippen molar-refractivity contribution in [1.29, 1.82) is 0 Å². The molecule has 2 N–H and O–H groups in total. The van der Waals surface area contributed by atoms with E-state index in [1.165, 1.54) is 0 Å². The van der Waals surface area contributed by atoms with Crippen molar-refractivity contribution in [2.24, 2.45) is 0 Å². The number of benzene rings is 1. The number of nitrogens with one attached hydrogen (secondary N) is 2. The van der Waals surface area contributed by atoms with E-state index >= 15 is 0 Å². The molecule has 0 aliphatic heterocycles. The van der Waals surface area contributed by atoms with Crippen LogP contribution in [0.4, 0.5) is 0 Å². The van der Waals surface area contributed by atoms with Crippen LogP contribution in [0.1, 0.15) is 19.4 Å². The first kappa shape index (κ1) is 13.0. The minimum atomic E-state index is -0.618. The largest absolute Gasteiger partial charge is 0.283 e. The first-order valence-corrected chi connectivity index (χ1v) is 5.65. The van der Waals surface area contributed by atoms with Crippen LogP contribution in [0.3, 0.4) is 0 Å². The third-order valence-corrected chi connectivity index (χ3v) is 2.56. The Morgan fingerprint density at radius 1 is 1.25 bits per heavy atom. The highest BCUT2D eigenvalue weighted by Crippen LogP contribution is 2.22. The second-order valence-electron chi connectivity index (χ2n) is 3.88. The molecule has 16 heavy (non-hydrogen) atoms. The lowest BCUT2D eigenvalue weighted by Gasteiger charge is -2.24. The maximum absolute atomic E-state index is 11.9. The highest BCUT2D eigenvalue weighted by atomic mass is 32.1. The summed E-state index contributed by atoms with van der Waals surface area (Å²) >= 11 is 8.55. The van der Waals surface area contributed by atoms with E-state index in [1.54, 1.807) is 0 Å². The number of rotatable bonds is 2. The summed E-state index contributed by atoms with van der Waals surface area (Å²) in [7, 11) is 0. The molecule has 5 heteroatoms. The Balaban J connectivity index is 2.78. The van der Waals surface area contributed by atoms with Crippen molar-refractivity contribution in [2.75, 3.05) is 0 Å². The molecule has 1 amide bonds. The summed E-state index contributed by atoms with van der Waals surface area (Å²) in [5.41, 5.74) is 5.36. The van der Waals surface area contributed by atoms with Gasteiger partial charge < -0.3 is 0 Å². The molecule has 0 saturated carbocycles. The van der Waals surface area contributed by atoms with Gasteiger partial charge in [-0.3, -0.25) is 15.6 Å². The fourth-order valence-electron chi connectivity index (χ4n) is 1.25. The van der Waals surface area contributed by atoms with Crippen LogP contribution in [0.5, 0.6) is 0 Å². The van der Waals surface area contributed by atoms with E-state index in [0.29, 0.717) is 0 Å². The van der Waals surface area contributed by atoms with Gasteiger partial charge in [-0.25, -0.2) is 0 Å². The quantitative estimate of drug-likeness (QED) is 0.428. The van der Waals surface area contributed by atoms with Gasteiger partial charge in [0.15, 0.2) is 0 Å². The van der Waals surface area contributed by atoms with Crippen LogP contribution >= 0.6 is 24.8 Å². The van der Waals surface area contributed by atoms with Crippen LogP contribution in [0.25, 0.3) is 0 Å². The summed E-state index contributed by atoms with van der Waals surface area (Å²) in [6.07, 6.45) is 0. The summed E-state index contributed by atoms with van der Waals surface area (Å²) in [4.78, 5) is 11.9. The number of thiocarbonyl (C=S) groups is 1. The van der Waals surface area contributed by atoms with Crippen LogP contribution < -0.4 is 10.9 Å². The fraction of sp³-hybridized carbons (Fsp3) is 0.273. The predicted octanol–water partition coefficient (Wildman–Crippen LogP) is 1.80. The van der Waals surface area contributed by atoms with E-state index < -0.39 is 5.41 Å². The molecule has 0 aliphatic carbocycles. The number of hydrogen-bond acceptors (Lipinski definition) is 2. The summed E-state index contributed by atoms with van der Waals surface area (Å²) in [5.74, 6) is -0.157. The van der Waals surface area contributed by atoms with Gasteiger partial charge in [-0.15, -0.1) is 12.6 Å². The molecule has 86 valence electrons. The van der Waals surface area contributed by atoms with Gasteiger partial charge in [-0.2, -0.15) is 0 Å². The van der Waals surface area contributed by atoms with Crippen molar-refractivity contribution < 1.29 is 4.79 Å². The van der Waals surface area contributed by atoms with Crippen molar-refractivity contribution >= 4 is 35.1 Å². The first-order chi connectivity index (χ1) is 7.44. The Morgan fingerprint density at radius 2 is 1.81 bits per heavy atom. The van der Waals surface area contributed by atoms with E-state index in [2.05, 4.69) is 23.5 Å². The van der Waals surface area contributed by atoms with Crippen molar-refractivity contribution in [3.63, 3.8) is 0 Å². The van der Waals surface area contributed by atoms with Gasteiger partial charge in [0.1, 0.15) is 4.32 Å². The molecule has 0 spiro atoms. The fourth-order valence-corrected chi connectivity index (χ4v) is 1.36. The lowest BCUT2D eigenvalue weighted by Crippen LogP contribution is -2.47. The Bertz CT molecular complexity index is 390. The average molecular weight is 254 g/mol. The molecule has 1 aromatic rings. The Labute approximate surface area is 106 Å². The van der Waals surface area contributed by atoms with Crippen molar-refractivity contribution in [2.45, 2.75) is 19.3 Å². The van der Waals surface area contributed by atoms with Crippen LogP contribution in [-0.2, 0) is 10.2 Å². The predicted molar refractivity (Wildman–Crippen MR) is 72.3 cm³/mol. The standard InChI is InChI=1S/C11H14N2OS2/c1-11(2,8-6-4-3-5-7-8)9(14)12-13-10(15)16/h3-7H,1-2H3,(H,12,14)(H2,13,15,16). The number of thiol groups is 1. The molecular formula is C11H14N2OS2. The van der Waals surface area contributed by atoms with E-state index in [1.807, 2.05) is 44.2 Å². The number of carbonyl (C=O) groups excluding carboxylic acids is 1. The SMILES string of the molecule is CC(C)(C(=O)NNC(=S)S)c1ccccc1. The Kier molecular flexibility index (Phi) is 4.32. The number of carbonyl (C=O) groups is 1. The van der Waals surface area contributed by atoms with Crippen LogP contribution in [0.2, 0.25) is 0 Å². The molecule has 1 aromatic carbocycles. The highest BCUT2D eigenvalue weighted by molar-refractivity contribution is 8.11. The minimum Gasteiger partial charge on any atom is -0.283 e. The first-order valence-electron chi connectivity index (χ1n) is 4.79. The molecule has 0 heterocycles. The molecule has 0 saturated heterocycles. The molecular weight excluding hydrogens is 240 g/mol. The normalized spacial score (nSPS) is 10.7. The van der Waals surface area contributed by atoms with E-state index in [0.717, 1.165) is 5.56 Å². The molecule has 3 nitrogen and oxygen atoms in total. The van der Waals surface area contributed by atoms with Gasteiger partial charge in [0.25, 0.3) is 0 Å². The van der Waals surface area contributed by atoms with Crippen molar-refractivity contribution in [1.82, 2.24) is 10.9 Å². The number of hydrazine groups is 1. The summed E-state index contributed by atoms with van der Waals surface area (Å²) in [6, 6.07) is 9.55. The monoisotopic (exact) mass is 254 g/mol. The summed E-state index contributed by atoms with van der Waals surface area (Å²) < 4.78 is 0.234. The van der Waals surface area contributed by atoms with Crippen LogP contribution in [0, 0.1) is 0 Å². The van der Waals surface area contributed by atoms with Gasteiger partial charge in [0.2, 0.25) is 5.91 Å². The highest BCUT2D eigenvalue weighted by Gasteiger charge is 2.29. The molecule has 0 radical (unpaired) electrons. The zero-order valence-electron chi connectivity index (χ0n) is 9.15. The zero-order valence-corrected chi connectivity index (χ0v) is 10.9. The summed E-state index contributed by atoms with van der Waals surface area (Å²) in [5, 5.41) is 0. The molecule has 1 rings (SSSR count). The molecule has 0 atom stereocenters. The third kappa shape index (κ3) is 3.21. The van der Waals surface area contributed by atoms with Gasteiger partial charge in [-0.1, -0.05) is 42.5 Å². The van der Waals surface area contributed by atoms with Gasteiger partial charge in [-0.05, 0) is 19.4 Å². The number of amides is 1. The smallest absolute Gasteiger partial charge is 0.248 e. The van der Waals surface area contributed by atoms with Crippen molar-refractivity contribution in [3.8, 4) is 0 Å². The molecule has 0 bridgehead atoms.